The van der Waals surface area contributed by atoms with E-state index in [2.05, 4.69) is 15.3 Å². The molecule has 1 aromatic carbocycles. The lowest BCUT2D eigenvalue weighted by Crippen LogP contribution is -2.02. The second-order valence-electron chi connectivity index (χ2n) is 4.96. The second kappa shape index (κ2) is 5.67. The molecule has 4 nitrogen and oxygen atoms in total. The zero-order valence-electron chi connectivity index (χ0n) is 11.3. The molecule has 1 aromatic heterocycles. The number of hydrogen-bond donors (Lipinski definition) is 1. The van der Waals surface area contributed by atoms with Gasteiger partial charge in [-0.2, -0.15) is 0 Å². The third kappa shape index (κ3) is 3.20. The molecule has 0 amide bonds. The van der Waals surface area contributed by atoms with Gasteiger partial charge in [-0.25, -0.2) is 9.97 Å². The van der Waals surface area contributed by atoms with Crippen molar-refractivity contribution in [3.63, 3.8) is 0 Å². The number of hydrogen-bond acceptors (Lipinski definition) is 4. The first-order valence-electron chi connectivity index (χ1n) is 6.68. The zero-order chi connectivity index (χ0) is 13.9. The fraction of sp³-hybridized carbons (Fsp3) is 0.333. The molecule has 0 unspecified atom stereocenters. The summed E-state index contributed by atoms with van der Waals surface area (Å²) in [6, 6.07) is 9.43. The molecular weight excluding hydrogens is 274 g/mol. The summed E-state index contributed by atoms with van der Waals surface area (Å²) < 4.78 is 5.31. The number of methoxy groups -OCH3 is 1. The number of rotatable bonds is 5. The standard InChI is InChI=1S/C15H16ClN3O/c1-20-12-5-3-2-4-11(12)17-15-9-13(16)18-14(19-15)8-10-6-7-10/h2-5,9-10H,6-8H2,1H3,(H,17,18,19). The molecule has 1 saturated carbocycles. The maximum atomic E-state index is 6.07. The Balaban J connectivity index is 1.83. The van der Waals surface area contributed by atoms with Gasteiger partial charge >= 0.3 is 0 Å². The van der Waals surface area contributed by atoms with Gasteiger partial charge < -0.3 is 10.1 Å². The van der Waals surface area contributed by atoms with Crippen LogP contribution in [0.2, 0.25) is 5.15 Å². The first-order chi connectivity index (χ1) is 9.74. The van der Waals surface area contributed by atoms with Crippen molar-refractivity contribution in [3.05, 3.63) is 41.3 Å². The Labute approximate surface area is 123 Å². The maximum absolute atomic E-state index is 6.07. The van der Waals surface area contributed by atoms with Gasteiger partial charge in [0.05, 0.1) is 12.8 Å². The number of halogens is 1. The van der Waals surface area contributed by atoms with Crippen LogP contribution in [-0.4, -0.2) is 17.1 Å². The van der Waals surface area contributed by atoms with Crippen LogP contribution in [-0.2, 0) is 6.42 Å². The van der Waals surface area contributed by atoms with E-state index in [0.29, 0.717) is 11.0 Å². The fourth-order valence-electron chi connectivity index (χ4n) is 2.09. The minimum Gasteiger partial charge on any atom is -0.495 e. The van der Waals surface area contributed by atoms with Crippen LogP contribution >= 0.6 is 11.6 Å². The number of nitrogens with zero attached hydrogens (tertiary/aromatic N) is 2. The van der Waals surface area contributed by atoms with Gasteiger partial charge in [-0.1, -0.05) is 23.7 Å². The normalized spacial score (nSPS) is 14.1. The van der Waals surface area contributed by atoms with Gasteiger partial charge in [-0.3, -0.25) is 0 Å². The monoisotopic (exact) mass is 289 g/mol. The number of ether oxygens (including phenoxy) is 1. The molecule has 0 aliphatic heterocycles. The number of anilines is 2. The fourth-order valence-corrected chi connectivity index (χ4v) is 2.29. The minimum absolute atomic E-state index is 0.466. The highest BCUT2D eigenvalue weighted by Crippen LogP contribution is 2.32. The first-order valence-corrected chi connectivity index (χ1v) is 7.06. The minimum atomic E-state index is 0.466. The largest absolute Gasteiger partial charge is 0.495 e. The van der Waals surface area contributed by atoms with E-state index < -0.39 is 0 Å². The number of benzene rings is 1. The summed E-state index contributed by atoms with van der Waals surface area (Å²) in [5.74, 6) is 3.00. The average molecular weight is 290 g/mol. The summed E-state index contributed by atoms with van der Waals surface area (Å²) >= 11 is 6.07. The summed E-state index contributed by atoms with van der Waals surface area (Å²) in [6.45, 7) is 0. The molecule has 1 fully saturated rings. The third-order valence-corrected chi connectivity index (χ3v) is 3.47. The lowest BCUT2D eigenvalue weighted by Gasteiger charge is -2.11. The summed E-state index contributed by atoms with van der Waals surface area (Å²) in [4.78, 5) is 8.80. The molecule has 5 heteroatoms. The predicted octanol–water partition coefficient (Wildman–Crippen LogP) is 3.83. The molecular formula is C15H16ClN3O. The van der Waals surface area contributed by atoms with Gasteiger partial charge in [0.2, 0.25) is 0 Å². The van der Waals surface area contributed by atoms with E-state index in [9.17, 15) is 0 Å². The van der Waals surface area contributed by atoms with Crippen LogP contribution in [0.25, 0.3) is 0 Å². The van der Waals surface area contributed by atoms with Gasteiger partial charge in [0, 0.05) is 12.5 Å². The van der Waals surface area contributed by atoms with Crippen LogP contribution in [0.4, 0.5) is 11.5 Å². The van der Waals surface area contributed by atoms with Gasteiger partial charge in [0.15, 0.2) is 0 Å². The van der Waals surface area contributed by atoms with Gasteiger partial charge in [0.1, 0.15) is 22.5 Å². The maximum Gasteiger partial charge on any atom is 0.142 e. The molecule has 20 heavy (non-hydrogen) atoms. The Bertz CT molecular complexity index is 614. The lowest BCUT2D eigenvalue weighted by atomic mass is 10.2. The Morgan fingerprint density at radius 2 is 2.10 bits per heavy atom. The molecule has 0 saturated heterocycles. The highest BCUT2D eigenvalue weighted by atomic mass is 35.5. The molecule has 1 heterocycles. The van der Waals surface area contributed by atoms with Crippen LogP contribution in [0.1, 0.15) is 18.7 Å². The smallest absolute Gasteiger partial charge is 0.142 e. The summed E-state index contributed by atoms with van der Waals surface area (Å²) in [7, 11) is 1.64. The number of aromatic nitrogens is 2. The molecule has 3 rings (SSSR count). The summed E-state index contributed by atoms with van der Waals surface area (Å²) in [5.41, 5.74) is 0.863. The Morgan fingerprint density at radius 3 is 2.85 bits per heavy atom. The van der Waals surface area contributed by atoms with Gasteiger partial charge in [0.25, 0.3) is 0 Å². The van der Waals surface area contributed by atoms with E-state index in [1.165, 1.54) is 12.8 Å². The lowest BCUT2D eigenvalue weighted by molar-refractivity contribution is 0.417. The van der Waals surface area contributed by atoms with E-state index in [1.807, 2.05) is 24.3 Å². The molecule has 2 aromatic rings. The highest BCUT2D eigenvalue weighted by Gasteiger charge is 2.23. The van der Waals surface area contributed by atoms with Crippen molar-refractivity contribution in [2.45, 2.75) is 19.3 Å². The van der Waals surface area contributed by atoms with Crippen molar-refractivity contribution in [1.82, 2.24) is 9.97 Å². The Morgan fingerprint density at radius 1 is 1.30 bits per heavy atom. The molecule has 1 aliphatic carbocycles. The van der Waals surface area contributed by atoms with Crippen molar-refractivity contribution in [3.8, 4) is 5.75 Å². The van der Waals surface area contributed by atoms with Crippen LogP contribution in [0.5, 0.6) is 5.75 Å². The summed E-state index contributed by atoms with van der Waals surface area (Å²) in [6.07, 6.45) is 3.44. The van der Waals surface area contributed by atoms with Gasteiger partial charge in [-0.15, -0.1) is 0 Å². The van der Waals surface area contributed by atoms with E-state index in [0.717, 1.165) is 29.6 Å². The Hall–Kier alpha value is -1.81. The van der Waals surface area contributed by atoms with Crippen molar-refractivity contribution in [2.75, 3.05) is 12.4 Å². The quantitative estimate of drug-likeness (QED) is 0.850. The molecule has 0 spiro atoms. The highest BCUT2D eigenvalue weighted by molar-refractivity contribution is 6.29. The van der Waals surface area contributed by atoms with Crippen molar-refractivity contribution in [1.29, 1.82) is 0 Å². The number of nitrogens with one attached hydrogen (secondary N) is 1. The zero-order valence-corrected chi connectivity index (χ0v) is 12.0. The van der Waals surface area contributed by atoms with Crippen molar-refractivity contribution >= 4 is 23.1 Å². The molecule has 1 aliphatic rings. The van der Waals surface area contributed by atoms with Gasteiger partial charge in [-0.05, 0) is 30.9 Å². The van der Waals surface area contributed by atoms with Crippen LogP contribution in [0.15, 0.2) is 30.3 Å². The van der Waals surface area contributed by atoms with Crippen molar-refractivity contribution < 1.29 is 4.74 Å². The third-order valence-electron chi connectivity index (χ3n) is 3.28. The van der Waals surface area contributed by atoms with Crippen LogP contribution in [0.3, 0.4) is 0 Å². The second-order valence-corrected chi connectivity index (χ2v) is 5.35. The molecule has 0 bridgehead atoms. The molecule has 0 atom stereocenters. The van der Waals surface area contributed by atoms with Crippen LogP contribution < -0.4 is 10.1 Å². The average Bonchev–Trinajstić information content (AvgIpc) is 3.22. The van der Waals surface area contributed by atoms with E-state index in [4.69, 9.17) is 16.3 Å². The van der Waals surface area contributed by atoms with Crippen LogP contribution in [0, 0.1) is 5.92 Å². The van der Waals surface area contributed by atoms with E-state index >= 15 is 0 Å². The number of para-hydroxylation sites is 2. The van der Waals surface area contributed by atoms with E-state index in [1.54, 1.807) is 13.2 Å². The Kier molecular flexibility index (Phi) is 3.74. The molecule has 104 valence electrons. The SMILES string of the molecule is COc1ccccc1Nc1cc(Cl)nc(CC2CC2)n1. The first kappa shape index (κ1) is 13.2. The predicted molar refractivity (Wildman–Crippen MR) is 79.7 cm³/mol. The van der Waals surface area contributed by atoms with Crippen molar-refractivity contribution in [2.24, 2.45) is 5.92 Å². The summed E-state index contributed by atoms with van der Waals surface area (Å²) in [5, 5.41) is 3.70. The topological polar surface area (TPSA) is 47.0 Å². The molecule has 1 N–H and O–H groups in total. The van der Waals surface area contributed by atoms with E-state index in [-0.39, 0.29) is 0 Å². The molecule has 0 radical (unpaired) electrons.